The molecule has 0 unspecified atom stereocenters. The summed E-state index contributed by atoms with van der Waals surface area (Å²) >= 11 is 5.18. The minimum absolute atomic E-state index is 0.284. The molecule has 1 N–H and O–H groups in total. The first kappa shape index (κ1) is 25.9. The van der Waals surface area contributed by atoms with E-state index in [0.29, 0.717) is 30.3 Å². The van der Waals surface area contributed by atoms with E-state index in [0.717, 1.165) is 39.1 Å². The van der Waals surface area contributed by atoms with Gasteiger partial charge in [-0.05, 0) is 66.0 Å². The molecule has 0 aliphatic heterocycles. The normalized spacial score (nSPS) is 11.1. The van der Waals surface area contributed by atoms with Gasteiger partial charge in [0.25, 0.3) is 5.91 Å². The van der Waals surface area contributed by atoms with Gasteiger partial charge in [0.15, 0.2) is 11.5 Å². The number of aryl methyl sites for hydroxylation is 1. The molecule has 3 aromatic rings. The Balaban J connectivity index is 1.62. The number of benzene rings is 2. The molecule has 3 rings (SSSR count). The van der Waals surface area contributed by atoms with Crippen LogP contribution in [0, 0.1) is 6.92 Å². The third kappa shape index (κ3) is 7.40. The van der Waals surface area contributed by atoms with E-state index in [2.05, 4.69) is 38.4 Å². The first-order valence-electron chi connectivity index (χ1n) is 11.5. The molecule has 0 spiro atoms. The van der Waals surface area contributed by atoms with Crippen LogP contribution in [0.2, 0.25) is 0 Å². The summed E-state index contributed by atoms with van der Waals surface area (Å²) in [6.07, 6.45) is 6.14. The van der Waals surface area contributed by atoms with E-state index in [-0.39, 0.29) is 5.91 Å². The second kappa shape index (κ2) is 13.2. The van der Waals surface area contributed by atoms with Gasteiger partial charge in [0, 0.05) is 16.5 Å². The number of nitrogens with one attached hydrogen (secondary N) is 1. The zero-order valence-electron chi connectivity index (χ0n) is 19.8. The lowest BCUT2D eigenvalue weighted by Gasteiger charge is -2.14. The zero-order chi connectivity index (χ0) is 24.3. The highest BCUT2D eigenvalue weighted by atomic mass is 79.9. The molecule has 34 heavy (non-hydrogen) atoms. The molecule has 0 bridgehead atoms. The number of amides is 1. The van der Waals surface area contributed by atoms with Crippen molar-refractivity contribution in [2.45, 2.75) is 46.5 Å². The van der Waals surface area contributed by atoms with Crippen molar-refractivity contribution in [1.82, 2.24) is 10.4 Å². The van der Waals surface area contributed by atoms with Crippen molar-refractivity contribution in [3.05, 3.63) is 62.4 Å². The molecule has 2 aromatic carbocycles. The lowest BCUT2D eigenvalue weighted by atomic mass is 10.1. The van der Waals surface area contributed by atoms with Crippen molar-refractivity contribution in [3.8, 4) is 22.8 Å². The number of hydrazone groups is 1. The summed E-state index contributed by atoms with van der Waals surface area (Å²) in [6.45, 7) is 7.25. The summed E-state index contributed by atoms with van der Waals surface area (Å²) in [4.78, 5) is 16.9. The van der Waals surface area contributed by atoms with Crippen molar-refractivity contribution in [2.24, 2.45) is 5.10 Å². The lowest BCUT2D eigenvalue weighted by Crippen LogP contribution is -2.17. The maximum Gasteiger partial charge on any atom is 0.271 e. The molecule has 1 heterocycles. The molecule has 0 fully saturated rings. The fraction of sp³-hybridized carbons (Fsp3) is 0.346. The molecule has 0 saturated carbocycles. The fourth-order valence-electron chi connectivity index (χ4n) is 3.29. The highest BCUT2D eigenvalue weighted by Crippen LogP contribution is 2.36. The first-order valence-corrected chi connectivity index (χ1v) is 13.1. The summed E-state index contributed by atoms with van der Waals surface area (Å²) in [5.41, 5.74) is 5.78. The van der Waals surface area contributed by atoms with Gasteiger partial charge >= 0.3 is 0 Å². The van der Waals surface area contributed by atoms with Crippen LogP contribution in [0.4, 0.5) is 0 Å². The van der Waals surface area contributed by atoms with Crippen LogP contribution in [-0.2, 0) is 0 Å². The Kier molecular flexibility index (Phi) is 10.1. The van der Waals surface area contributed by atoms with Gasteiger partial charge in [-0.15, -0.1) is 11.3 Å². The number of carbonyl (C=O) groups excluding carboxylic acids is 1. The van der Waals surface area contributed by atoms with Crippen molar-refractivity contribution in [3.63, 3.8) is 0 Å². The van der Waals surface area contributed by atoms with Gasteiger partial charge in [0.05, 0.1) is 34.6 Å². The quantitative estimate of drug-likeness (QED) is 0.151. The average Bonchev–Trinajstić information content (AvgIpc) is 3.27. The number of hydrogen-bond donors (Lipinski definition) is 1. The Hall–Kier alpha value is -2.71. The molecule has 6 nitrogen and oxygen atoms in total. The molecule has 0 aliphatic rings. The summed E-state index contributed by atoms with van der Waals surface area (Å²) < 4.78 is 12.5. The second-order valence-electron chi connectivity index (χ2n) is 7.70. The van der Waals surface area contributed by atoms with E-state index < -0.39 is 0 Å². The monoisotopic (exact) mass is 543 g/mol. The van der Waals surface area contributed by atoms with Crippen LogP contribution in [0.1, 0.15) is 60.5 Å². The van der Waals surface area contributed by atoms with Gasteiger partial charge in [0.1, 0.15) is 0 Å². The van der Waals surface area contributed by atoms with Crippen LogP contribution in [0.15, 0.2) is 51.4 Å². The summed E-state index contributed by atoms with van der Waals surface area (Å²) in [6, 6.07) is 11.1. The molecular weight excluding hydrogens is 514 g/mol. The molecule has 1 amide bonds. The zero-order valence-corrected chi connectivity index (χ0v) is 22.2. The molecule has 0 aliphatic carbocycles. The third-order valence-electron chi connectivity index (χ3n) is 5.02. The Morgan fingerprint density at radius 2 is 1.94 bits per heavy atom. The van der Waals surface area contributed by atoms with Crippen molar-refractivity contribution in [1.29, 1.82) is 0 Å². The van der Waals surface area contributed by atoms with Crippen LogP contribution in [-0.4, -0.2) is 30.3 Å². The number of hydrogen-bond acceptors (Lipinski definition) is 6. The lowest BCUT2D eigenvalue weighted by molar-refractivity contribution is 0.0955. The standard InChI is InChI=1S/C26H30BrN3O3S/c1-4-6-7-8-13-33-25-22(27)14-19(15-24(25)32-5-2)16-28-30-26(31)21-11-9-20(10-12-21)23-17-34-18(3)29-23/h9-12,14-17H,4-8,13H2,1-3H3,(H,30,31)/b28-16+. The summed E-state index contributed by atoms with van der Waals surface area (Å²) in [5.74, 6) is 1.05. The molecule has 0 atom stereocenters. The van der Waals surface area contributed by atoms with E-state index in [9.17, 15) is 4.79 Å². The Labute approximate surface area is 213 Å². The van der Waals surface area contributed by atoms with E-state index >= 15 is 0 Å². The number of carbonyl (C=O) groups is 1. The largest absolute Gasteiger partial charge is 0.490 e. The molecule has 0 saturated heterocycles. The van der Waals surface area contributed by atoms with Crippen LogP contribution >= 0.6 is 27.3 Å². The SMILES string of the molecule is CCCCCCOc1c(Br)cc(/C=N/NC(=O)c2ccc(-c3csc(C)n3)cc2)cc1OCC. The van der Waals surface area contributed by atoms with E-state index in [1.807, 2.05) is 43.5 Å². The molecule has 1 aromatic heterocycles. The molecule has 180 valence electrons. The number of halogens is 1. The van der Waals surface area contributed by atoms with Crippen molar-refractivity contribution < 1.29 is 14.3 Å². The smallest absolute Gasteiger partial charge is 0.271 e. The summed E-state index contributed by atoms with van der Waals surface area (Å²) in [7, 11) is 0. The average molecular weight is 545 g/mol. The number of rotatable bonds is 12. The highest BCUT2D eigenvalue weighted by molar-refractivity contribution is 9.10. The van der Waals surface area contributed by atoms with Gasteiger partial charge in [0.2, 0.25) is 0 Å². The number of aromatic nitrogens is 1. The van der Waals surface area contributed by atoms with Gasteiger partial charge < -0.3 is 9.47 Å². The minimum Gasteiger partial charge on any atom is -0.490 e. The molecule has 0 radical (unpaired) electrons. The van der Waals surface area contributed by atoms with E-state index in [1.165, 1.54) is 12.8 Å². The fourth-order valence-corrected chi connectivity index (χ4v) is 4.48. The number of ether oxygens (including phenoxy) is 2. The maximum atomic E-state index is 12.5. The van der Waals surface area contributed by atoms with Crippen LogP contribution in [0.3, 0.4) is 0 Å². The summed E-state index contributed by atoms with van der Waals surface area (Å²) in [5, 5.41) is 7.13. The van der Waals surface area contributed by atoms with E-state index in [1.54, 1.807) is 29.7 Å². The van der Waals surface area contributed by atoms with Crippen molar-refractivity contribution in [2.75, 3.05) is 13.2 Å². The molecule has 8 heteroatoms. The Morgan fingerprint density at radius 1 is 1.15 bits per heavy atom. The van der Waals surface area contributed by atoms with Gasteiger partial charge in [-0.2, -0.15) is 5.10 Å². The van der Waals surface area contributed by atoms with Gasteiger partial charge in [-0.25, -0.2) is 10.4 Å². The van der Waals surface area contributed by atoms with Gasteiger partial charge in [-0.3, -0.25) is 4.79 Å². The maximum absolute atomic E-state index is 12.5. The first-order chi connectivity index (χ1) is 16.5. The molecular formula is C26H30BrN3O3S. The second-order valence-corrected chi connectivity index (χ2v) is 9.62. The predicted octanol–water partition coefficient (Wildman–Crippen LogP) is 7.00. The van der Waals surface area contributed by atoms with Crippen LogP contribution < -0.4 is 14.9 Å². The van der Waals surface area contributed by atoms with Crippen molar-refractivity contribution >= 4 is 39.4 Å². The Bertz CT molecular complexity index is 1110. The Morgan fingerprint density at radius 3 is 2.62 bits per heavy atom. The van der Waals surface area contributed by atoms with Crippen LogP contribution in [0.5, 0.6) is 11.5 Å². The third-order valence-corrected chi connectivity index (χ3v) is 6.38. The minimum atomic E-state index is -0.284. The van der Waals surface area contributed by atoms with Crippen LogP contribution in [0.25, 0.3) is 11.3 Å². The topological polar surface area (TPSA) is 72.8 Å². The highest BCUT2D eigenvalue weighted by Gasteiger charge is 2.12. The number of thiazole rings is 1. The number of nitrogens with zero attached hydrogens (tertiary/aromatic N) is 2. The predicted molar refractivity (Wildman–Crippen MR) is 142 cm³/mol. The number of unbranched alkanes of at least 4 members (excludes halogenated alkanes) is 3. The van der Waals surface area contributed by atoms with Gasteiger partial charge in [-0.1, -0.05) is 38.3 Å². The van der Waals surface area contributed by atoms with E-state index in [4.69, 9.17) is 9.47 Å².